The molecule has 2 aromatic carbocycles. The molecule has 0 amide bonds. The lowest BCUT2D eigenvalue weighted by atomic mass is 9.96. The summed E-state index contributed by atoms with van der Waals surface area (Å²) in [6.45, 7) is 2.74. The second-order valence-electron chi connectivity index (χ2n) is 7.21. The molecule has 0 saturated carbocycles. The van der Waals surface area contributed by atoms with Gasteiger partial charge >= 0.3 is 0 Å². The molecule has 0 saturated heterocycles. The van der Waals surface area contributed by atoms with Crippen molar-refractivity contribution in [2.45, 2.75) is 32.8 Å². The lowest BCUT2D eigenvalue weighted by Crippen LogP contribution is -2.03. The van der Waals surface area contributed by atoms with Crippen LogP contribution in [-0.4, -0.2) is 20.2 Å². The predicted molar refractivity (Wildman–Crippen MR) is 110 cm³/mol. The summed E-state index contributed by atoms with van der Waals surface area (Å²) in [6.07, 6.45) is 4.62. The highest BCUT2D eigenvalue weighted by molar-refractivity contribution is 5.78. The Kier molecular flexibility index (Phi) is 5.61. The molecule has 142 valence electrons. The van der Waals surface area contributed by atoms with Crippen molar-refractivity contribution < 1.29 is 4.74 Å². The minimum atomic E-state index is 0.470. The molecule has 0 spiro atoms. The molecular formula is C23H24N4O. The Bertz CT molecular complexity index is 1010. The van der Waals surface area contributed by atoms with Crippen molar-refractivity contribution in [2.75, 3.05) is 0 Å². The van der Waals surface area contributed by atoms with E-state index < -0.39 is 0 Å². The molecule has 4 aromatic rings. The highest BCUT2D eigenvalue weighted by atomic mass is 16.5. The molecule has 5 heteroatoms. The van der Waals surface area contributed by atoms with Crippen molar-refractivity contribution in [3.05, 3.63) is 84.1 Å². The summed E-state index contributed by atoms with van der Waals surface area (Å²) in [5, 5.41) is 7.96. The summed E-state index contributed by atoms with van der Waals surface area (Å²) in [4.78, 5) is 8.83. The number of aromatic nitrogens is 4. The molecule has 0 aliphatic rings. The van der Waals surface area contributed by atoms with Crippen LogP contribution in [0.2, 0.25) is 0 Å². The van der Waals surface area contributed by atoms with Crippen LogP contribution in [0.5, 0.6) is 5.75 Å². The Balaban J connectivity index is 1.28. The number of pyridine rings is 1. The van der Waals surface area contributed by atoms with E-state index >= 15 is 0 Å². The lowest BCUT2D eigenvalue weighted by molar-refractivity contribution is 0.301. The summed E-state index contributed by atoms with van der Waals surface area (Å²) in [7, 11) is 0. The molecule has 5 nitrogen and oxygen atoms in total. The topological polar surface area (TPSA) is 63.7 Å². The molecule has 0 aliphatic carbocycles. The predicted octanol–water partition coefficient (Wildman–Crippen LogP) is 4.74. The van der Waals surface area contributed by atoms with Crippen LogP contribution in [0.4, 0.5) is 0 Å². The molecule has 1 unspecified atom stereocenters. The second kappa shape index (κ2) is 8.65. The van der Waals surface area contributed by atoms with Crippen molar-refractivity contribution >= 4 is 10.9 Å². The number of aryl methyl sites for hydroxylation is 1. The molecule has 0 fully saturated rings. The molecule has 28 heavy (non-hydrogen) atoms. The number of benzene rings is 2. The first kappa shape index (κ1) is 18.2. The number of nitrogens with zero attached hydrogens (tertiary/aromatic N) is 3. The van der Waals surface area contributed by atoms with E-state index in [4.69, 9.17) is 4.74 Å². The fourth-order valence-electron chi connectivity index (χ4n) is 3.31. The van der Waals surface area contributed by atoms with Gasteiger partial charge in [0.1, 0.15) is 24.5 Å². The van der Waals surface area contributed by atoms with Gasteiger partial charge in [0.15, 0.2) is 0 Å². The van der Waals surface area contributed by atoms with Crippen LogP contribution < -0.4 is 4.74 Å². The van der Waals surface area contributed by atoms with Crippen molar-refractivity contribution in [1.29, 1.82) is 0 Å². The average molecular weight is 372 g/mol. The van der Waals surface area contributed by atoms with E-state index in [9.17, 15) is 0 Å². The maximum absolute atomic E-state index is 5.92. The first-order valence-corrected chi connectivity index (χ1v) is 9.67. The van der Waals surface area contributed by atoms with Gasteiger partial charge in [-0.3, -0.25) is 5.10 Å². The summed E-state index contributed by atoms with van der Waals surface area (Å²) in [5.74, 6) is 2.41. The van der Waals surface area contributed by atoms with Gasteiger partial charge in [0.25, 0.3) is 0 Å². The lowest BCUT2D eigenvalue weighted by Gasteiger charge is -2.11. The number of para-hydroxylation sites is 1. The highest BCUT2D eigenvalue weighted by Gasteiger charge is 2.06. The fraction of sp³-hybridized carbons (Fsp3) is 0.261. The van der Waals surface area contributed by atoms with Crippen LogP contribution in [-0.2, 0) is 19.4 Å². The summed E-state index contributed by atoms with van der Waals surface area (Å²) in [5.41, 5.74) is 3.25. The quantitative estimate of drug-likeness (QED) is 0.485. The molecule has 1 N–H and O–H groups in total. The van der Waals surface area contributed by atoms with Gasteiger partial charge in [-0.05, 0) is 48.6 Å². The van der Waals surface area contributed by atoms with E-state index in [1.54, 1.807) is 6.33 Å². The number of hydrogen-bond donors (Lipinski definition) is 1. The molecule has 2 heterocycles. The van der Waals surface area contributed by atoms with E-state index in [-0.39, 0.29) is 0 Å². The number of nitrogens with one attached hydrogen (secondary N) is 1. The third kappa shape index (κ3) is 4.74. The molecule has 0 aliphatic heterocycles. The van der Waals surface area contributed by atoms with Crippen molar-refractivity contribution in [3.63, 3.8) is 0 Å². The smallest absolute Gasteiger partial charge is 0.137 e. The van der Waals surface area contributed by atoms with Gasteiger partial charge in [-0.15, -0.1) is 0 Å². The number of hydrogen-bond acceptors (Lipinski definition) is 4. The normalized spacial score (nSPS) is 12.2. The van der Waals surface area contributed by atoms with E-state index in [1.165, 1.54) is 5.56 Å². The van der Waals surface area contributed by atoms with Gasteiger partial charge in [-0.2, -0.15) is 5.10 Å². The van der Waals surface area contributed by atoms with Gasteiger partial charge in [-0.1, -0.05) is 43.3 Å². The van der Waals surface area contributed by atoms with Crippen LogP contribution in [0.1, 0.15) is 30.4 Å². The third-order valence-electron chi connectivity index (χ3n) is 4.89. The van der Waals surface area contributed by atoms with E-state index in [2.05, 4.69) is 51.4 Å². The van der Waals surface area contributed by atoms with Crippen molar-refractivity contribution in [2.24, 2.45) is 5.92 Å². The number of H-pyrrole nitrogens is 1. The molecule has 1 atom stereocenters. The third-order valence-corrected chi connectivity index (χ3v) is 4.89. The summed E-state index contributed by atoms with van der Waals surface area (Å²) < 4.78 is 5.92. The summed E-state index contributed by atoms with van der Waals surface area (Å²) in [6, 6.07) is 20.6. The summed E-state index contributed by atoms with van der Waals surface area (Å²) >= 11 is 0. The van der Waals surface area contributed by atoms with Crippen LogP contribution in [0.15, 0.2) is 67.0 Å². The zero-order valence-corrected chi connectivity index (χ0v) is 16.0. The first-order chi connectivity index (χ1) is 13.8. The molecule has 0 bridgehead atoms. The van der Waals surface area contributed by atoms with Gasteiger partial charge in [0.05, 0.1) is 11.2 Å². The Labute approximate surface area is 164 Å². The van der Waals surface area contributed by atoms with Crippen molar-refractivity contribution in [3.8, 4) is 5.75 Å². The number of rotatable bonds is 8. The molecular weight excluding hydrogens is 348 g/mol. The Morgan fingerprint density at radius 1 is 1.00 bits per heavy atom. The number of ether oxygens (including phenoxy) is 1. The number of aromatic amines is 1. The Hall–Kier alpha value is -3.21. The van der Waals surface area contributed by atoms with E-state index in [0.29, 0.717) is 12.5 Å². The fourth-order valence-corrected chi connectivity index (χ4v) is 3.31. The maximum atomic E-state index is 5.92. The van der Waals surface area contributed by atoms with Crippen LogP contribution >= 0.6 is 0 Å². The highest BCUT2D eigenvalue weighted by Crippen LogP contribution is 2.19. The van der Waals surface area contributed by atoms with Crippen molar-refractivity contribution in [1.82, 2.24) is 20.2 Å². The van der Waals surface area contributed by atoms with Crippen LogP contribution in [0.3, 0.4) is 0 Å². The average Bonchev–Trinajstić information content (AvgIpc) is 3.25. The van der Waals surface area contributed by atoms with E-state index in [0.717, 1.165) is 47.4 Å². The zero-order chi connectivity index (χ0) is 19.2. The van der Waals surface area contributed by atoms with Crippen LogP contribution in [0, 0.1) is 5.92 Å². The molecule has 0 radical (unpaired) electrons. The van der Waals surface area contributed by atoms with Gasteiger partial charge in [-0.25, -0.2) is 9.97 Å². The van der Waals surface area contributed by atoms with Crippen LogP contribution in [0.25, 0.3) is 10.9 Å². The Morgan fingerprint density at radius 2 is 1.86 bits per heavy atom. The molecule has 4 rings (SSSR count). The standard InChI is InChI=1S/C23H24N4O/c1-17(6-13-23-24-16-25-27-23)14-18-7-11-21(12-8-18)28-15-20-10-9-19-4-2-3-5-22(19)26-20/h2-5,7-12,16-17H,6,13-15H2,1H3,(H,24,25,27). The Morgan fingerprint density at radius 3 is 2.68 bits per heavy atom. The monoisotopic (exact) mass is 372 g/mol. The first-order valence-electron chi connectivity index (χ1n) is 9.67. The minimum Gasteiger partial charge on any atom is -0.487 e. The SMILES string of the molecule is CC(CCc1ncn[nH]1)Cc1ccc(OCc2ccc3ccccc3n2)cc1. The minimum absolute atomic E-state index is 0.470. The molecule has 2 aromatic heterocycles. The van der Waals surface area contributed by atoms with Gasteiger partial charge in [0.2, 0.25) is 0 Å². The second-order valence-corrected chi connectivity index (χ2v) is 7.21. The number of fused-ring (bicyclic) bond motifs is 1. The largest absolute Gasteiger partial charge is 0.487 e. The van der Waals surface area contributed by atoms with E-state index in [1.807, 2.05) is 36.4 Å². The van der Waals surface area contributed by atoms with Gasteiger partial charge in [0, 0.05) is 11.8 Å². The maximum Gasteiger partial charge on any atom is 0.137 e. The van der Waals surface area contributed by atoms with Gasteiger partial charge < -0.3 is 4.74 Å². The zero-order valence-electron chi connectivity index (χ0n) is 16.0.